The molecule has 0 saturated heterocycles. The van der Waals surface area contributed by atoms with Gasteiger partial charge in [0.15, 0.2) is 0 Å². The zero-order valence-electron chi connectivity index (χ0n) is 15.1. The third-order valence-electron chi connectivity index (χ3n) is 5.03. The summed E-state index contributed by atoms with van der Waals surface area (Å²) in [5, 5.41) is 9.03. The first-order valence-corrected chi connectivity index (χ1v) is 9.09. The lowest BCUT2D eigenvalue weighted by Gasteiger charge is -2.10. The summed E-state index contributed by atoms with van der Waals surface area (Å²) in [4.78, 5) is 15.5. The van der Waals surface area contributed by atoms with Crippen molar-refractivity contribution in [3.8, 4) is 17.2 Å². The molecule has 27 heavy (non-hydrogen) atoms. The van der Waals surface area contributed by atoms with E-state index in [4.69, 9.17) is 14.3 Å². The quantitative estimate of drug-likeness (QED) is 0.685. The van der Waals surface area contributed by atoms with Gasteiger partial charge in [0, 0.05) is 5.56 Å². The van der Waals surface area contributed by atoms with Gasteiger partial charge in [-0.05, 0) is 61.1 Å². The van der Waals surface area contributed by atoms with Crippen LogP contribution in [0, 0.1) is 6.92 Å². The van der Waals surface area contributed by atoms with Crippen LogP contribution >= 0.6 is 0 Å². The molecule has 1 aliphatic carbocycles. The maximum Gasteiger partial charge on any atom is 0.303 e. The van der Waals surface area contributed by atoms with E-state index in [9.17, 15) is 4.79 Å². The van der Waals surface area contributed by atoms with Crippen LogP contribution in [0.4, 0.5) is 0 Å². The lowest BCUT2D eigenvalue weighted by Crippen LogP contribution is -2.03. The summed E-state index contributed by atoms with van der Waals surface area (Å²) < 4.78 is 11.7. The van der Waals surface area contributed by atoms with Crippen LogP contribution in [-0.4, -0.2) is 16.1 Å². The number of carboxylic acid groups (broad SMARTS) is 1. The Morgan fingerprint density at radius 2 is 2.07 bits per heavy atom. The van der Waals surface area contributed by atoms with Gasteiger partial charge < -0.3 is 14.3 Å². The number of aromatic nitrogens is 1. The maximum atomic E-state index is 11.0. The number of carboxylic acids is 1. The molecule has 2 aromatic carbocycles. The fraction of sp³-hybridized carbons (Fsp3) is 0.273. The van der Waals surface area contributed by atoms with Crippen molar-refractivity contribution >= 4 is 5.97 Å². The Morgan fingerprint density at radius 3 is 2.85 bits per heavy atom. The number of oxazole rings is 1. The van der Waals surface area contributed by atoms with Crippen molar-refractivity contribution in [2.24, 2.45) is 0 Å². The van der Waals surface area contributed by atoms with Gasteiger partial charge in [-0.15, -0.1) is 0 Å². The summed E-state index contributed by atoms with van der Waals surface area (Å²) in [6, 6.07) is 15.7. The predicted octanol–water partition coefficient (Wildman–Crippen LogP) is 4.73. The molecule has 1 heterocycles. The third kappa shape index (κ3) is 3.72. The molecule has 4 rings (SSSR count). The summed E-state index contributed by atoms with van der Waals surface area (Å²) in [7, 11) is 0. The number of hydrogen-bond acceptors (Lipinski definition) is 4. The minimum Gasteiger partial charge on any atom is -0.487 e. The second kappa shape index (κ2) is 7.27. The number of ether oxygens (including phenoxy) is 1. The van der Waals surface area contributed by atoms with Gasteiger partial charge in [0.05, 0.1) is 6.42 Å². The van der Waals surface area contributed by atoms with E-state index in [1.54, 1.807) is 0 Å². The van der Waals surface area contributed by atoms with E-state index in [1.807, 2.05) is 55.5 Å². The molecule has 3 aromatic rings. The molecular formula is C22H21NO4. The van der Waals surface area contributed by atoms with Crippen LogP contribution in [0.3, 0.4) is 0 Å². The van der Waals surface area contributed by atoms with Gasteiger partial charge >= 0.3 is 5.97 Å². The van der Waals surface area contributed by atoms with Crippen molar-refractivity contribution in [1.29, 1.82) is 0 Å². The highest BCUT2D eigenvalue weighted by Gasteiger charge is 2.25. The van der Waals surface area contributed by atoms with E-state index in [2.05, 4.69) is 4.98 Å². The average molecular weight is 363 g/mol. The number of aliphatic carboxylic acids is 1. The van der Waals surface area contributed by atoms with Crippen LogP contribution in [0.2, 0.25) is 0 Å². The topological polar surface area (TPSA) is 72.6 Å². The highest BCUT2D eigenvalue weighted by atomic mass is 16.5. The highest BCUT2D eigenvalue weighted by molar-refractivity contribution is 5.68. The molecule has 0 spiro atoms. The van der Waals surface area contributed by atoms with E-state index < -0.39 is 5.97 Å². The van der Waals surface area contributed by atoms with Crippen LogP contribution < -0.4 is 4.74 Å². The van der Waals surface area contributed by atoms with E-state index in [0.29, 0.717) is 12.5 Å². The summed E-state index contributed by atoms with van der Waals surface area (Å²) >= 11 is 0. The lowest BCUT2D eigenvalue weighted by atomic mass is 9.98. The van der Waals surface area contributed by atoms with E-state index in [0.717, 1.165) is 41.2 Å². The Morgan fingerprint density at radius 1 is 1.26 bits per heavy atom. The molecule has 1 aliphatic rings. The number of nitrogens with zero attached hydrogens (tertiary/aromatic N) is 1. The molecule has 0 unspecified atom stereocenters. The number of hydrogen-bond donors (Lipinski definition) is 1. The molecule has 1 N–H and O–H groups in total. The molecule has 0 aliphatic heterocycles. The number of benzene rings is 2. The second-order valence-corrected chi connectivity index (χ2v) is 6.87. The van der Waals surface area contributed by atoms with Crippen LogP contribution in [-0.2, 0) is 17.8 Å². The lowest BCUT2D eigenvalue weighted by molar-refractivity contribution is -0.137. The summed E-state index contributed by atoms with van der Waals surface area (Å²) in [6.07, 6.45) is 1.97. The molecule has 1 aromatic heterocycles. The van der Waals surface area contributed by atoms with E-state index >= 15 is 0 Å². The molecule has 0 radical (unpaired) electrons. The van der Waals surface area contributed by atoms with E-state index in [-0.39, 0.29) is 12.3 Å². The first-order chi connectivity index (χ1) is 13.1. The molecule has 0 bridgehead atoms. The summed E-state index contributed by atoms with van der Waals surface area (Å²) in [5.74, 6) is 1.48. The Kier molecular flexibility index (Phi) is 4.67. The van der Waals surface area contributed by atoms with Crippen molar-refractivity contribution in [2.75, 3.05) is 0 Å². The van der Waals surface area contributed by atoms with Crippen molar-refractivity contribution in [3.63, 3.8) is 0 Å². The van der Waals surface area contributed by atoms with Gasteiger partial charge in [-0.2, -0.15) is 0 Å². The third-order valence-corrected chi connectivity index (χ3v) is 5.03. The fourth-order valence-electron chi connectivity index (χ4n) is 3.61. The Bertz CT molecular complexity index is 962. The number of rotatable bonds is 6. The second-order valence-electron chi connectivity index (χ2n) is 6.87. The molecule has 0 amide bonds. The predicted molar refractivity (Wildman–Crippen MR) is 101 cm³/mol. The molecule has 0 saturated carbocycles. The van der Waals surface area contributed by atoms with Crippen LogP contribution in [0.5, 0.6) is 5.75 Å². The smallest absolute Gasteiger partial charge is 0.303 e. The largest absolute Gasteiger partial charge is 0.487 e. The number of carbonyl (C=O) groups is 1. The van der Waals surface area contributed by atoms with Gasteiger partial charge in [0.2, 0.25) is 5.89 Å². The molecule has 1 atom stereocenters. The van der Waals surface area contributed by atoms with E-state index in [1.165, 1.54) is 5.56 Å². The van der Waals surface area contributed by atoms with Crippen molar-refractivity contribution in [1.82, 2.24) is 4.98 Å². The average Bonchev–Trinajstić information content (AvgIpc) is 3.23. The van der Waals surface area contributed by atoms with Gasteiger partial charge in [-0.25, -0.2) is 4.98 Å². The minimum atomic E-state index is -0.746. The van der Waals surface area contributed by atoms with Crippen LogP contribution in [0.25, 0.3) is 11.5 Å². The number of aryl methyl sites for hydroxylation is 2. The van der Waals surface area contributed by atoms with Gasteiger partial charge in [0.25, 0.3) is 0 Å². The zero-order valence-corrected chi connectivity index (χ0v) is 15.1. The molecule has 0 fully saturated rings. The Balaban J connectivity index is 1.46. The van der Waals surface area contributed by atoms with Crippen molar-refractivity contribution < 1.29 is 19.1 Å². The molecule has 138 valence electrons. The van der Waals surface area contributed by atoms with Gasteiger partial charge in [-0.3, -0.25) is 4.79 Å². The molecule has 5 heteroatoms. The monoisotopic (exact) mass is 363 g/mol. The first-order valence-electron chi connectivity index (χ1n) is 9.09. The first kappa shape index (κ1) is 17.3. The minimum absolute atomic E-state index is 0.109. The number of fused-ring (bicyclic) bond motifs is 1. The molecular weight excluding hydrogens is 342 g/mol. The summed E-state index contributed by atoms with van der Waals surface area (Å²) in [5.41, 5.74) is 4.03. The normalized spacial score (nSPS) is 15.5. The maximum absolute atomic E-state index is 11.0. The Labute approximate surface area is 157 Å². The zero-order chi connectivity index (χ0) is 18.8. The fourth-order valence-corrected chi connectivity index (χ4v) is 3.61. The van der Waals surface area contributed by atoms with Gasteiger partial charge in [0.1, 0.15) is 23.8 Å². The molecule has 5 nitrogen and oxygen atoms in total. The van der Waals surface area contributed by atoms with Crippen molar-refractivity contribution in [2.45, 2.75) is 38.7 Å². The SMILES string of the molecule is Cc1oc(-c2ccccc2)nc1COc1ccc2c(c1)CC[C@H]2CC(=O)O. The van der Waals surface area contributed by atoms with Gasteiger partial charge in [-0.1, -0.05) is 24.3 Å². The van der Waals surface area contributed by atoms with Crippen molar-refractivity contribution in [3.05, 3.63) is 71.1 Å². The van der Waals surface area contributed by atoms with Crippen LogP contribution in [0.1, 0.15) is 41.3 Å². The van der Waals surface area contributed by atoms with Crippen LogP contribution in [0.15, 0.2) is 52.9 Å². The highest BCUT2D eigenvalue weighted by Crippen LogP contribution is 2.37. The summed E-state index contributed by atoms with van der Waals surface area (Å²) in [6.45, 7) is 2.22. The Hall–Kier alpha value is -3.08. The standard InChI is InChI=1S/C22H21NO4/c1-14-20(23-22(27-14)15-5-3-2-4-6-15)13-26-18-9-10-19-16(11-18)7-8-17(19)12-21(24)25/h2-6,9-11,17H,7-8,12-13H2,1H3,(H,24,25)/t17-/m0/s1.